The molecule has 0 heterocycles. The van der Waals surface area contributed by atoms with Crippen molar-refractivity contribution < 1.29 is 14.5 Å². The van der Waals surface area contributed by atoms with E-state index in [4.69, 9.17) is 23.2 Å². The van der Waals surface area contributed by atoms with Gasteiger partial charge in [-0.3, -0.25) is 14.9 Å². The maximum absolute atomic E-state index is 10.7. The standard InChI is InChI=1S/C8H5Cl2NO4/c1-4(12)15-8-6(10)2-5(9)3-7(8)11(13)14/h2-3H,1H3. The zero-order valence-electron chi connectivity index (χ0n) is 7.49. The number of esters is 1. The Bertz CT molecular complexity index is 433. The third-order valence-corrected chi connectivity index (χ3v) is 1.93. The average Bonchev–Trinajstić information content (AvgIpc) is 2.08. The SMILES string of the molecule is CC(=O)Oc1c(Cl)cc(Cl)cc1[N+](=O)[O-]. The molecule has 0 unspecified atom stereocenters. The molecule has 0 spiro atoms. The summed E-state index contributed by atoms with van der Waals surface area (Å²) in [5.41, 5.74) is -0.442. The summed E-state index contributed by atoms with van der Waals surface area (Å²) in [4.78, 5) is 20.6. The Kier molecular flexibility index (Phi) is 3.49. The summed E-state index contributed by atoms with van der Waals surface area (Å²) in [6, 6.07) is 2.32. The Morgan fingerprint density at radius 2 is 2.07 bits per heavy atom. The Balaban J connectivity index is 3.33. The van der Waals surface area contributed by atoms with Crippen LogP contribution < -0.4 is 4.74 Å². The fraction of sp³-hybridized carbons (Fsp3) is 0.125. The second kappa shape index (κ2) is 4.46. The first kappa shape index (κ1) is 11.7. The lowest BCUT2D eigenvalue weighted by atomic mass is 10.3. The van der Waals surface area contributed by atoms with E-state index in [0.29, 0.717) is 0 Å². The fourth-order valence-corrected chi connectivity index (χ4v) is 1.45. The molecule has 0 saturated heterocycles. The summed E-state index contributed by atoms with van der Waals surface area (Å²) in [7, 11) is 0. The highest BCUT2D eigenvalue weighted by atomic mass is 35.5. The van der Waals surface area contributed by atoms with Gasteiger partial charge in [0.1, 0.15) is 0 Å². The molecule has 0 saturated carbocycles. The van der Waals surface area contributed by atoms with E-state index in [1.54, 1.807) is 0 Å². The van der Waals surface area contributed by atoms with Crippen LogP contribution in [-0.4, -0.2) is 10.9 Å². The molecule has 0 aromatic heterocycles. The van der Waals surface area contributed by atoms with Crippen LogP contribution in [0.1, 0.15) is 6.92 Å². The smallest absolute Gasteiger partial charge is 0.314 e. The number of benzene rings is 1. The Hall–Kier alpha value is -1.33. The van der Waals surface area contributed by atoms with Gasteiger partial charge in [0.15, 0.2) is 0 Å². The highest BCUT2D eigenvalue weighted by Gasteiger charge is 2.21. The normalized spacial score (nSPS) is 9.80. The Morgan fingerprint density at radius 3 is 2.53 bits per heavy atom. The fourth-order valence-electron chi connectivity index (χ4n) is 0.927. The van der Waals surface area contributed by atoms with Crippen LogP contribution in [-0.2, 0) is 4.79 Å². The molecule has 1 rings (SSSR count). The van der Waals surface area contributed by atoms with Crippen LogP contribution in [0.2, 0.25) is 10.0 Å². The van der Waals surface area contributed by atoms with E-state index in [9.17, 15) is 14.9 Å². The third-order valence-electron chi connectivity index (χ3n) is 1.43. The first-order valence-electron chi connectivity index (χ1n) is 3.73. The van der Waals surface area contributed by atoms with Crippen LogP contribution in [0.25, 0.3) is 0 Å². The molecule has 1 aromatic rings. The lowest BCUT2D eigenvalue weighted by Crippen LogP contribution is -2.04. The number of hydrogen-bond acceptors (Lipinski definition) is 4. The number of hydrogen-bond donors (Lipinski definition) is 0. The molecule has 0 aliphatic rings. The number of nitrogens with zero attached hydrogens (tertiary/aromatic N) is 1. The van der Waals surface area contributed by atoms with E-state index >= 15 is 0 Å². The maximum Gasteiger partial charge on any atom is 0.314 e. The van der Waals surface area contributed by atoms with Crippen molar-refractivity contribution >= 4 is 34.9 Å². The minimum absolute atomic E-state index is 0.0793. The van der Waals surface area contributed by atoms with Gasteiger partial charge < -0.3 is 4.74 Å². The summed E-state index contributed by atoms with van der Waals surface area (Å²) in [5.74, 6) is -0.985. The summed E-state index contributed by atoms with van der Waals surface area (Å²) in [6.45, 7) is 1.12. The largest absolute Gasteiger partial charge is 0.418 e. The molecule has 0 atom stereocenters. The van der Waals surface area contributed by atoms with E-state index in [0.717, 1.165) is 13.0 Å². The van der Waals surface area contributed by atoms with E-state index in [-0.39, 0.29) is 15.8 Å². The van der Waals surface area contributed by atoms with Gasteiger partial charge in [-0.25, -0.2) is 0 Å². The van der Waals surface area contributed by atoms with Crippen LogP contribution in [0.15, 0.2) is 12.1 Å². The molecule has 15 heavy (non-hydrogen) atoms. The molecule has 5 nitrogen and oxygen atoms in total. The molecule has 0 N–H and O–H groups in total. The number of nitro groups is 1. The minimum Gasteiger partial charge on any atom is -0.418 e. The van der Waals surface area contributed by atoms with Gasteiger partial charge in [-0.1, -0.05) is 23.2 Å². The first-order valence-corrected chi connectivity index (χ1v) is 4.49. The van der Waals surface area contributed by atoms with Crippen LogP contribution in [0.5, 0.6) is 5.75 Å². The van der Waals surface area contributed by atoms with Crippen molar-refractivity contribution in [2.75, 3.05) is 0 Å². The van der Waals surface area contributed by atoms with Crippen LogP contribution >= 0.6 is 23.2 Å². The predicted octanol–water partition coefficient (Wildman–Crippen LogP) is 2.83. The monoisotopic (exact) mass is 249 g/mol. The van der Waals surface area contributed by atoms with Crippen molar-refractivity contribution in [3.63, 3.8) is 0 Å². The number of ether oxygens (including phenoxy) is 1. The lowest BCUT2D eigenvalue weighted by molar-refractivity contribution is -0.385. The van der Waals surface area contributed by atoms with E-state index in [1.807, 2.05) is 0 Å². The number of carbonyl (C=O) groups excluding carboxylic acids is 1. The predicted molar refractivity (Wildman–Crippen MR) is 54.4 cm³/mol. The zero-order chi connectivity index (χ0) is 11.6. The summed E-state index contributed by atoms with van der Waals surface area (Å²) in [5, 5.41) is 10.6. The maximum atomic E-state index is 10.7. The number of nitro benzene ring substituents is 1. The molecular formula is C8H5Cl2NO4. The molecule has 1 aromatic carbocycles. The molecule has 7 heteroatoms. The Morgan fingerprint density at radius 1 is 1.47 bits per heavy atom. The van der Waals surface area contributed by atoms with Crippen molar-refractivity contribution in [2.45, 2.75) is 6.92 Å². The summed E-state index contributed by atoms with van der Waals surface area (Å²) >= 11 is 11.2. The Labute approximate surface area is 94.7 Å². The van der Waals surface area contributed by atoms with E-state index in [1.165, 1.54) is 6.07 Å². The highest BCUT2D eigenvalue weighted by molar-refractivity contribution is 6.36. The van der Waals surface area contributed by atoms with Gasteiger partial charge in [-0.05, 0) is 6.07 Å². The quantitative estimate of drug-likeness (QED) is 0.350. The minimum atomic E-state index is -0.726. The molecule has 0 fully saturated rings. The van der Waals surface area contributed by atoms with Gasteiger partial charge >= 0.3 is 11.7 Å². The molecular weight excluding hydrogens is 245 g/mol. The van der Waals surface area contributed by atoms with Gasteiger partial charge in [-0.15, -0.1) is 0 Å². The van der Waals surface area contributed by atoms with Crippen LogP contribution in [0.3, 0.4) is 0 Å². The van der Waals surface area contributed by atoms with Crippen LogP contribution in [0, 0.1) is 10.1 Å². The van der Waals surface area contributed by atoms with Crippen molar-refractivity contribution in [3.8, 4) is 5.75 Å². The number of carbonyl (C=O) groups is 1. The van der Waals surface area contributed by atoms with Crippen molar-refractivity contribution in [3.05, 3.63) is 32.3 Å². The van der Waals surface area contributed by atoms with Gasteiger partial charge in [0, 0.05) is 18.0 Å². The molecule has 0 bridgehead atoms. The van der Waals surface area contributed by atoms with Crippen molar-refractivity contribution in [2.24, 2.45) is 0 Å². The zero-order valence-corrected chi connectivity index (χ0v) is 9.00. The lowest BCUT2D eigenvalue weighted by Gasteiger charge is -2.04. The second-order valence-electron chi connectivity index (χ2n) is 2.59. The molecule has 80 valence electrons. The van der Waals surface area contributed by atoms with E-state index < -0.39 is 16.6 Å². The number of halogens is 2. The van der Waals surface area contributed by atoms with Crippen molar-refractivity contribution in [1.82, 2.24) is 0 Å². The highest BCUT2D eigenvalue weighted by Crippen LogP contribution is 2.37. The third kappa shape index (κ3) is 2.81. The van der Waals surface area contributed by atoms with Crippen molar-refractivity contribution in [1.29, 1.82) is 0 Å². The second-order valence-corrected chi connectivity index (χ2v) is 3.43. The van der Waals surface area contributed by atoms with E-state index in [2.05, 4.69) is 4.74 Å². The molecule has 0 radical (unpaired) electrons. The molecule has 0 amide bonds. The topological polar surface area (TPSA) is 69.4 Å². The number of rotatable bonds is 2. The molecule has 0 aliphatic carbocycles. The van der Waals surface area contributed by atoms with Gasteiger partial charge in [0.2, 0.25) is 5.75 Å². The van der Waals surface area contributed by atoms with Gasteiger partial charge in [0.05, 0.1) is 9.95 Å². The summed E-state index contributed by atoms with van der Waals surface area (Å²) in [6.07, 6.45) is 0. The van der Waals surface area contributed by atoms with Crippen LogP contribution in [0.4, 0.5) is 5.69 Å². The summed E-state index contributed by atoms with van der Waals surface area (Å²) < 4.78 is 4.62. The van der Waals surface area contributed by atoms with Gasteiger partial charge in [0.25, 0.3) is 0 Å². The average molecular weight is 250 g/mol. The van der Waals surface area contributed by atoms with Gasteiger partial charge in [-0.2, -0.15) is 0 Å². The first-order chi connectivity index (χ1) is 6.91. The molecule has 0 aliphatic heterocycles.